The highest BCUT2D eigenvalue weighted by atomic mass is 19.1. The second-order valence-electron chi connectivity index (χ2n) is 5.77. The summed E-state index contributed by atoms with van der Waals surface area (Å²) in [6.07, 6.45) is 5.78. The van der Waals surface area contributed by atoms with Crippen molar-refractivity contribution < 1.29 is 13.5 Å². The number of hydrogen-bond donors (Lipinski definition) is 0. The van der Waals surface area contributed by atoms with Crippen LogP contribution < -0.4 is 9.64 Å². The van der Waals surface area contributed by atoms with Gasteiger partial charge in [0, 0.05) is 48.7 Å². The maximum Gasteiger partial charge on any atom is 0.152 e. The van der Waals surface area contributed by atoms with Crippen molar-refractivity contribution in [3.05, 3.63) is 60.6 Å². The summed E-state index contributed by atoms with van der Waals surface area (Å²) in [5, 5.41) is 0.486. The average molecular weight is 327 g/mol. The lowest BCUT2D eigenvalue weighted by molar-refractivity contribution is 0.225. The quantitative estimate of drug-likeness (QED) is 0.737. The maximum absolute atomic E-state index is 13.9. The van der Waals surface area contributed by atoms with E-state index in [1.54, 1.807) is 24.7 Å². The van der Waals surface area contributed by atoms with Gasteiger partial charge in [-0.1, -0.05) is 0 Å². The Morgan fingerprint density at radius 2 is 1.92 bits per heavy atom. The van der Waals surface area contributed by atoms with E-state index < -0.39 is 11.6 Å². The number of halogens is 2. The molecule has 2 aromatic heterocycles. The minimum atomic E-state index is -0.643. The molecule has 1 aromatic carbocycles. The van der Waals surface area contributed by atoms with E-state index in [0.717, 1.165) is 30.5 Å². The zero-order chi connectivity index (χ0) is 16.5. The smallest absolute Gasteiger partial charge is 0.152 e. The summed E-state index contributed by atoms with van der Waals surface area (Å²) in [4.78, 5) is 10.1. The topological polar surface area (TPSA) is 38.2 Å². The van der Waals surface area contributed by atoms with Crippen LogP contribution in [0.3, 0.4) is 0 Å². The predicted octanol–water partition coefficient (Wildman–Crippen LogP) is 3.57. The molecule has 1 aliphatic heterocycles. The van der Waals surface area contributed by atoms with E-state index in [0.29, 0.717) is 11.9 Å². The van der Waals surface area contributed by atoms with Crippen LogP contribution in [0.2, 0.25) is 0 Å². The average Bonchev–Trinajstić information content (AvgIpc) is 3.03. The van der Waals surface area contributed by atoms with Crippen LogP contribution in [0.25, 0.3) is 10.9 Å². The summed E-state index contributed by atoms with van der Waals surface area (Å²) in [6.45, 7) is 1.41. The van der Waals surface area contributed by atoms with Crippen LogP contribution >= 0.6 is 0 Å². The number of aromatic nitrogens is 2. The first-order valence-corrected chi connectivity index (χ1v) is 7.76. The lowest BCUT2D eigenvalue weighted by atomic mass is 10.1. The summed E-state index contributed by atoms with van der Waals surface area (Å²) in [5.41, 5.74) is 0.964. The van der Waals surface area contributed by atoms with Gasteiger partial charge in [0.05, 0.1) is 6.54 Å². The lowest BCUT2D eigenvalue weighted by Crippen LogP contribution is -2.24. The zero-order valence-corrected chi connectivity index (χ0v) is 12.8. The van der Waals surface area contributed by atoms with Crippen molar-refractivity contribution in [1.29, 1.82) is 0 Å². The van der Waals surface area contributed by atoms with E-state index in [1.165, 1.54) is 6.07 Å². The number of rotatable bonds is 3. The monoisotopic (exact) mass is 327 g/mol. The van der Waals surface area contributed by atoms with Crippen LogP contribution in [0, 0.1) is 11.6 Å². The Kier molecular flexibility index (Phi) is 3.72. The third-order valence-electron chi connectivity index (χ3n) is 4.18. The standard InChI is InChI=1S/C18H15F2N3O/c19-12-9-15-17(3-7-22-18(15)16(20)10-12)23-8-4-14(11-23)24-13-1-5-21-6-2-13/h1-3,5-7,9-10,14H,4,8,11H2. The molecular formula is C18H15F2N3O. The highest BCUT2D eigenvalue weighted by Crippen LogP contribution is 2.31. The SMILES string of the molecule is Fc1cc(F)c2nccc(N3CCC(Oc4ccncc4)C3)c2c1. The molecule has 0 N–H and O–H groups in total. The summed E-state index contributed by atoms with van der Waals surface area (Å²) in [7, 11) is 0. The van der Waals surface area contributed by atoms with Crippen molar-refractivity contribution in [2.75, 3.05) is 18.0 Å². The Balaban J connectivity index is 1.60. The molecule has 4 rings (SSSR count). The van der Waals surface area contributed by atoms with Crippen molar-refractivity contribution in [2.24, 2.45) is 0 Å². The van der Waals surface area contributed by atoms with E-state index >= 15 is 0 Å². The molecule has 122 valence electrons. The summed E-state index contributed by atoms with van der Waals surface area (Å²) in [6, 6.07) is 7.61. The Bertz CT molecular complexity index is 873. The second-order valence-corrected chi connectivity index (χ2v) is 5.77. The molecule has 6 heteroatoms. The molecule has 1 unspecified atom stereocenters. The molecule has 4 nitrogen and oxygen atoms in total. The molecule has 0 radical (unpaired) electrons. The second kappa shape index (κ2) is 6.03. The van der Waals surface area contributed by atoms with Crippen LogP contribution in [0.15, 0.2) is 48.9 Å². The first-order chi connectivity index (χ1) is 11.7. The molecule has 0 amide bonds. The van der Waals surface area contributed by atoms with Gasteiger partial charge in [-0.15, -0.1) is 0 Å². The molecule has 3 heterocycles. The Morgan fingerprint density at radius 1 is 1.08 bits per heavy atom. The molecule has 24 heavy (non-hydrogen) atoms. The Hall–Kier alpha value is -2.76. The predicted molar refractivity (Wildman–Crippen MR) is 87.1 cm³/mol. The largest absolute Gasteiger partial charge is 0.488 e. The van der Waals surface area contributed by atoms with Gasteiger partial charge in [0.2, 0.25) is 0 Å². The highest BCUT2D eigenvalue weighted by molar-refractivity contribution is 5.92. The van der Waals surface area contributed by atoms with Gasteiger partial charge < -0.3 is 9.64 Å². The number of hydrogen-bond acceptors (Lipinski definition) is 4. The van der Waals surface area contributed by atoms with Crippen LogP contribution in [0.5, 0.6) is 5.75 Å². The number of fused-ring (bicyclic) bond motifs is 1. The highest BCUT2D eigenvalue weighted by Gasteiger charge is 2.26. The molecule has 1 aliphatic rings. The van der Waals surface area contributed by atoms with E-state index in [4.69, 9.17) is 4.74 Å². The zero-order valence-electron chi connectivity index (χ0n) is 12.8. The molecule has 0 bridgehead atoms. The normalized spacial score (nSPS) is 17.4. The van der Waals surface area contributed by atoms with E-state index in [1.807, 2.05) is 12.1 Å². The fraction of sp³-hybridized carbons (Fsp3) is 0.222. The summed E-state index contributed by atoms with van der Waals surface area (Å²) >= 11 is 0. The van der Waals surface area contributed by atoms with Crippen molar-refractivity contribution in [1.82, 2.24) is 9.97 Å². The molecular weight excluding hydrogens is 312 g/mol. The minimum Gasteiger partial charge on any atom is -0.488 e. The van der Waals surface area contributed by atoms with Crippen molar-refractivity contribution in [3.8, 4) is 5.75 Å². The van der Waals surface area contributed by atoms with E-state index in [9.17, 15) is 8.78 Å². The number of anilines is 1. The summed E-state index contributed by atoms with van der Waals surface area (Å²) < 4.78 is 33.5. The van der Waals surface area contributed by atoms with Gasteiger partial charge in [-0.25, -0.2) is 8.78 Å². The van der Waals surface area contributed by atoms with Crippen LogP contribution in [0.4, 0.5) is 14.5 Å². The molecule has 1 fully saturated rings. The van der Waals surface area contributed by atoms with Gasteiger partial charge in [0.1, 0.15) is 23.2 Å². The molecule has 1 atom stereocenters. The van der Waals surface area contributed by atoms with E-state index in [-0.39, 0.29) is 11.6 Å². The third-order valence-corrected chi connectivity index (χ3v) is 4.18. The first kappa shape index (κ1) is 14.8. The van der Waals surface area contributed by atoms with Crippen molar-refractivity contribution in [3.63, 3.8) is 0 Å². The number of ether oxygens (including phenoxy) is 1. The number of nitrogens with zero attached hydrogens (tertiary/aromatic N) is 3. The molecule has 0 spiro atoms. The fourth-order valence-corrected chi connectivity index (χ4v) is 3.09. The van der Waals surface area contributed by atoms with Gasteiger partial charge >= 0.3 is 0 Å². The van der Waals surface area contributed by atoms with Crippen molar-refractivity contribution in [2.45, 2.75) is 12.5 Å². The first-order valence-electron chi connectivity index (χ1n) is 7.76. The van der Waals surface area contributed by atoms with Gasteiger partial charge in [0.25, 0.3) is 0 Å². The fourth-order valence-electron chi connectivity index (χ4n) is 3.09. The number of pyridine rings is 2. The summed E-state index contributed by atoms with van der Waals surface area (Å²) in [5.74, 6) is -0.470. The van der Waals surface area contributed by atoms with E-state index in [2.05, 4.69) is 14.9 Å². The van der Waals surface area contributed by atoms with Gasteiger partial charge in [-0.05, 0) is 24.3 Å². The van der Waals surface area contributed by atoms with Gasteiger partial charge in [0.15, 0.2) is 5.82 Å². The van der Waals surface area contributed by atoms with Crippen LogP contribution in [-0.4, -0.2) is 29.2 Å². The molecule has 1 saturated heterocycles. The Labute approximate surface area is 137 Å². The van der Waals surface area contributed by atoms with Crippen LogP contribution in [-0.2, 0) is 0 Å². The third kappa shape index (κ3) is 2.75. The Morgan fingerprint density at radius 3 is 2.75 bits per heavy atom. The lowest BCUT2D eigenvalue weighted by Gasteiger charge is -2.20. The molecule has 0 aliphatic carbocycles. The number of benzene rings is 1. The molecule has 0 saturated carbocycles. The van der Waals surface area contributed by atoms with Gasteiger partial charge in [-0.3, -0.25) is 9.97 Å². The minimum absolute atomic E-state index is 0.0222. The molecule has 3 aromatic rings. The van der Waals surface area contributed by atoms with Gasteiger partial charge in [-0.2, -0.15) is 0 Å². The van der Waals surface area contributed by atoms with Crippen molar-refractivity contribution >= 4 is 16.6 Å². The van der Waals surface area contributed by atoms with Crippen LogP contribution in [0.1, 0.15) is 6.42 Å². The maximum atomic E-state index is 13.9.